The van der Waals surface area contributed by atoms with E-state index in [4.69, 9.17) is 16.2 Å². The topological polar surface area (TPSA) is 78.3 Å². The fourth-order valence-corrected chi connectivity index (χ4v) is 2.40. The Balaban J connectivity index is 2.36. The molecule has 4 N–H and O–H groups in total. The van der Waals surface area contributed by atoms with Gasteiger partial charge >= 0.3 is 6.09 Å². The number of carbonyl (C=O) groups is 1. The Labute approximate surface area is 91.3 Å². The average molecular weight is 214 g/mol. The highest BCUT2D eigenvalue weighted by molar-refractivity contribution is 5.65. The number of amides is 1. The summed E-state index contributed by atoms with van der Waals surface area (Å²) in [6.45, 7) is 3.82. The second kappa shape index (κ2) is 4.84. The van der Waals surface area contributed by atoms with E-state index in [1.807, 2.05) is 13.8 Å². The van der Waals surface area contributed by atoms with Crippen molar-refractivity contribution in [1.82, 2.24) is 0 Å². The van der Waals surface area contributed by atoms with E-state index < -0.39 is 11.7 Å². The Morgan fingerprint density at radius 3 is 2.33 bits per heavy atom. The highest BCUT2D eigenvalue weighted by atomic mass is 16.6. The maximum atomic E-state index is 10.7. The third-order valence-corrected chi connectivity index (χ3v) is 3.05. The van der Waals surface area contributed by atoms with E-state index in [2.05, 4.69) is 0 Å². The Kier molecular flexibility index (Phi) is 3.97. The molecule has 1 rings (SSSR count). The van der Waals surface area contributed by atoms with Crippen LogP contribution in [0, 0.1) is 5.92 Å². The number of carbonyl (C=O) groups excluding carboxylic acids is 1. The molecule has 0 radical (unpaired) electrons. The van der Waals surface area contributed by atoms with Crippen LogP contribution in [0.2, 0.25) is 0 Å². The highest BCUT2D eigenvalue weighted by Gasteiger charge is 2.28. The molecule has 0 unspecified atom stereocenters. The average Bonchev–Trinajstić information content (AvgIpc) is 2.06. The fourth-order valence-electron chi connectivity index (χ4n) is 2.40. The molecule has 0 atom stereocenters. The van der Waals surface area contributed by atoms with E-state index in [1.54, 1.807) is 0 Å². The van der Waals surface area contributed by atoms with E-state index >= 15 is 0 Å². The molecule has 1 saturated carbocycles. The Bertz CT molecular complexity index is 221. The van der Waals surface area contributed by atoms with Crippen molar-refractivity contribution in [2.24, 2.45) is 17.4 Å². The van der Waals surface area contributed by atoms with Crippen molar-refractivity contribution in [3.05, 3.63) is 0 Å². The highest BCUT2D eigenvalue weighted by Crippen LogP contribution is 2.31. The van der Waals surface area contributed by atoms with E-state index in [0.29, 0.717) is 12.0 Å². The third kappa shape index (κ3) is 4.51. The molecule has 4 heteroatoms. The Morgan fingerprint density at radius 2 is 1.87 bits per heavy atom. The van der Waals surface area contributed by atoms with Gasteiger partial charge in [-0.05, 0) is 51.9 Å². The normalized spacial score (nSPS) is 27.4. The number of ether oxygens (including phenoxy) is 1. The number of primary amides is 1. The van der Waals surface area contributed by atoms with E-state index in [9.17, 15) is 4.79 Å². The smallest absolute Gasteiger partial charge is 0.405 e. The predicted octanol–water partition coefficient (Wildman–Crippen LogP) is 1.77. The molecule has 0 aliphatic heterocycles. The quantitative estimate of drug-likeness (QED) is 0.751. The van der Waals surface area contributed by atoms with Gasteiger partial charge in [-0.3, -0.25) is 0 Å². The molecule has 0 saturated heterocycles. The van der Waals surface area contributed by atoms with E-state index in [0.717, 1.165) is 32.1 Å². The molecule has 1 aliphatic rings. The largest absolute Gasteiger partial charge is 0.444 e. The minimum atomic E-state index is -0.687. The van der Waals surface area contributed by atoms with Crippen molar-refractivity contribution in [3.63, 3.8) is 0 Å². The van der Waals surface area contributed by atoms with Crippen LogP contribution in [-0.4, -0.2) is 17.7 Å². The molecule has 1 fully saturated rings. The van der Waals surface area contributed by atoms with Gasteiger partial charge in [0.15, 0.2) is 0 Å². The van der Waals surface area contributed by atoms with Crippen molar-refractivity contribution in [2.75, 3.05) is 0 Å². The standard InChI is InChI=1S/C11H22N2O2/c1-11(2,15-10(13)14)7-8-3-5-9(12)6-4-8/h8-9H,3-7,12H2,1-2H3,(H2,13,14)/t8-,9-. The van der Waals surface area contributed by atoms with Crippen molar-refractivity contribution in [1.29, 1.82) is 0 Å². The van der Waals surface area contributed by atoms with Crippen molar-refractivity contribution >= 4 is 6.09 Å². The van der Waals surface area contributed by atoms with Crippen molar-refractivity contribution < 1.29 is 9.53 Å². The lowest BCUT2D eigenvalue weighted by molar-refractivity contribution is 0.0213. The Morgan fingerprint density at radius 1 is 1.33 bits per heavy atom. The lowest BCUT2D eigenvalue weighted by atomic mass is 9.80. The third-order valence-electron chi connectivity index (χ3n) is 3.05. The van der Waals surface area contributed by atoms with Gasteiger partial charge in [-0.25, -0.2) is 4.79 Å². The van der Waals surface area contributed by atoms with Crippen LogP contribution in [0.3, 0.4) is 0 Å². The van der Waals surface area contributed by atoms with Crippen LogP contribution in [0.25, 0.3) is 0 Å². The lowest BCUT2D eigenvalue weighted by Crippen LogP contribution is -2.35. The maximum Gasteiger partial charge on any atom is 0.405 e. The van der Waals surface area contributed by atoms with Gasteiger partial charge in [-0.2, -0.15) is 0 Å². The van der Waals surface area contributed by atoms with Crippen LogP contribution in [-0.2, 0) is 4.74 Å². The predicted molar refractivity (Wildman–Crippen MR) is 59.3 cm³/mol. The molecule has 0 heterocycles. The summed E-state index contributed by atoms with van der Waals surface area (Å²) < 4.78 is 5.07. The summed E-state index contributed by atoms with van der Waals surface area (Å²) in [6.07, 6.45) is 4.61. The number of hydrogen-bond acceptors (Lipinski definition) is 3. The first-order valence-corrected chi connectivity index (χ1v) is 5.63. The summed E-state index contributed by atoms with van der Waals surface area (Å²) in [5, 5.41) is 0. The minimum Gasteiger partial charge on any atom is -0.444 e. The Hall–Kier alpha value is -0.770. The van der Waals surface area contributed by atoms with Crippen molar-refractivity contribution in [3.8, 4) is 0 Å². The summed E-state index contributed by atoms with van der Waals surface area (Å²) in [5.41, 5.74) is 10.4. The summed E-state index contributed by atoms with van der Waals surface area (Å²) in [5.74, 6) is 0.610. The molecule has 1 aliphatic carbocycles. The van der Waals surface area contributed by atoms with Gasteiger partial charge in [0.25, 0.3) is 0 Å². The lowest BCUT2D eigenvalue weighted by Gasteiger charge is -2.32. The van der Waals surface area contributed by atoms with E-state index in [1.165, 1.54) is 0 Å². The van der Waals surface area contributed by atoms with Gasteiger partial charge in [0.05, 0.1) is 0 Å². The van der Waals surface area contributed by atoms with Gasteiger partial charge in [0.1, 0.15) is 5.60 Å². The SMILES string of the molecule is CC(C)(C[C@H]1CC[C@H](N)CC1)OC(N)=O. The summed E-state index contributed by atoms with van der Waals surface area (Å²) in [4.78, 5) is 10.7. The number of rotatable bonds is 3. The molecule has 0 spiro atoms. The molecule has 0 bridgehead atoms. The summed E-state index contributed by atoms with van der Waals surface area (Å²) in [6, 6.07) is 0.362. The zero-order valence-corrected chi connectivity index (χ0v) is 9.66. The van der Waals surface area contributed by atoms with Crippen LogP contribution < -0.4 is 11.5 Å². The molecule has 4 nitrogen and oxygen atoms in total. The molecular formula is C11H22N2O2. The van der Waals surface area contributed by atoms with E-state index in [-0.39, 0.29) is 0 Å². The second-order valence-electron chi connectivity index (χ2n) is 5.17. The molecule has 88 valence electrons. The first-order chi connectivity index (χ1) is 6.89. The molecule has 0 aromatic rings. The van der Waals surface area contributed by atoms with Crippen LogP contribution in [0.4, 0.5) is 4.79 Å². The van der Waals surface area contributed by atoms with Crippen LogP contribution >= 0.6 is 0 Å². The van der Waals surface area contributed by atoms with Gasteiger partial charge in [-0.1, -0.05) is 0 Å². The molecular weight excluding hydrogens is 192 g/mol. The maximum absolute atomic E-state index is 10.7. The van der Waals surface area contributed by atoms with Gasteiger partial charge in [0, 0.05) is 6.04 Å². The zero-order valence-electron chi connectivity index (χ0n) is 9.66. The van der Waals surface area contributed by atoms with Crippen LogP contribution in [0.15, 0.2) is 0 Å². The first kappa shape index (κ1) is 12.3. The second-order valence-corrected chi connectivity index (χ2v) is 5.17. The monoisotopic (exact) mass is 214 g/mol. The first-order valence-electron chi connectivity index (χ1n) is 5.63. The molecule has 15 heavy (non-hydrogen) atoms. The summed E-state index contributed by atoms with van der Waals surface area (Å²) >= 11 is 0. The zero-order chi connectivity index (χ0) is 11.5. The van der Waals surface area contributed by atoms with Gasteiger partial charge in [0.2, 0.25) is 0 Å². The van der Waals surface area contributed by atoms with Gasteiger partial charge in [-0.15, -0.1) is 0 Å². The fraction of sp³-hybridized carbons (Fsp3) is 0.909. The van der Waals surface area contributed by atoms with Crippen molar-refractivity contribution in [2.45, 2.75) is 57.6 Å². The molecule has 1 amide bonds. The minimum absolute atomic E-state index is 0.362. The van der Waals surface area contributed by atoms with Crippen LogP contribution in [0.1, 0.15) is 46.0 Å². The number of hydrogen-bond donors (Lipinski definition) is 2. The van der Waals surface area contributed by atoms with Crippen LogP contribution in [0.5, 0.6) is 0 Å². The molecule has 0 aromatic heterocycles. The number of nitrogens with two attached hydrogens (primary N) is 2. The summed E-state index contributed by atoms with van der Waals surface area (Å²) in [7, 11) is 0. The van der Waals surface area contributed by atoms with Gasteiger partial charge < -0.3 is 16.2 Å². The molecule has 0 aromatic carbocycles.